The Labute approximate surface area is 228 Å². The van der Waals surface area contributed by atoms with E-state index in [9.17, 15) is 23.5 Å². The predicted octanol–water partition coefficient (Wildman–Crippen LogP) is 5.10. The van der Waals surface area contributed by atoms with E-state index in [1.54, 1.807) is 12.1 Å². The van der Waals surface area contributed by atoms with Crippen LogP contribution in [-0.4, -0.2) is 54.1 Å². The van der Waals surface area contributed by atoms with Gasteiger partial charge in [0.05, 0.1) is 0 Å². The minimum atomic E-state index is -0.838. The molecule has 1 fully saturated rings. The van der Waals surface area contributed by atoms with Crippen LogP contribution in [0.25, 0.3) is 0 Å². The molecule has 0 aromatic heterocycles. The number of rotatable bonds is 13. The third kappa shape index (κ3) is 7.91. The summed E-state index contributed by atoms with van der Waals surface area (Å²) in [6, 6.07) is 7.89. The van der Waals surface area contributed by atoms with Crippen LogP contribution in [0.15, 0.2) is 30.3 Å². The molecule has 2 amide bonds. The lowest BCUT2D eigenvalue weighted by molar-refractivity contribution is -0.134. The van der Waals surface area contributed by atoms with Crippen LogP contribution in [-0.2, 0) is 22.4 Å². The maximum atomic E-state index is 13.8. The molecular weight excluding hydrogens is 504 g/mol. The average molecular weight is 544 g/mol. The topological polar surface area (TPSA) is 90.9 Å². The molecule has 1 saturated carbocycles. The average Bonchev–Trinajstić information content (AvgIpc) is 2.94. The molecule has 2 aliphatic rings. The van der Waals surface area contributed by atoms with Gasteiger partial charge in [0.1, 0.15) is 11.4 Å². The van der Waals surface area contributed by atoms with Gasteiger partial charge in [-0.3, -0.25) is 9.59 Å². The zero-order valence-electron chi connectivity index (χ0n) is 22.4. The maximum absolute atomic E-state index is 13.8. The molecule has 0 bridgehead atoms. The second-order valence-corrected chi connectivity index (χ2v) is 10.4. The molecule has 2 aromatic rings. The SMILES string of the molecule is O=C1COc2c(CCCCCN(C(=O)CCNCCc3cccc(F)c3F)C3CCCCC3)ccc(O)c2N1. The van der Waals surface area contributed by atoms with Crippen LogP contribution in [0, 0.1) is 11.6 Å². The Bertz CT molecular complexity index is 1140. The van der Waals surface area contributed by atoms with Gasteiger partial charge in [-0.25, -0.2) is 8.78 Å². The first-order valence-electron chi connectivity index (χ1n) is 14.1. The van der Waals surface area contributed by atoms with Gasteiger partial charge in [-0.05, 0) is 68.3 Å². The standard InChI is InChI=1S/C30H39F2N3O4/c31-24-12-7-9-21(28(24)32)15-17-33-18-16-27(38)35(23-10-4-1-5-11-23)19-6-2-3-8-22-13-14-25(36)29-30(22)39-20-26(37)34-29/h7,9,12-14,23,33,36H,1-6,8,10-11,15-20H2,(H,34,37). The molecule has 0 spiro atoms. The number of benzene rings is 2. The van der Waals surface area contributed by atoms with Crippen molar-refractivity contribution >= 4 is 17.5 Å². The molecule has 1 heterocycles. The quantitative estimate of drug-likeness (QED) is 0.242. The number of anilines is 1. The van der Waals surface area contributed by atoms with E-state index in [0.29, 0.717) is 42.9 Å². The van der Waals surface area contributed by atoms with Crippen LogP contribution in [0.4, 0.5) is 14.5 Å². The first kappa shape index (κ1) is 28.8. The highest BCUT2D eigenvalue weighted by molar-refractivity contribution is 5.97. The molecule has 9 heteroatoms. The van der Waals surface area contributed by atoms with Crippen molar-refractivity contribution in [3.05, 3.63) is 53.1 Å². The van der Waals surface area contributed by atoms with Crippen molar-refractivity contribution < 1.29 is 28.2 Å². The van der Waals surface area contributed by atoms with Crippen LogP contribution in [0.2, 0.25) is 0 Å². The molecule has 1 aliphatic heterocycles. The summed E-state index contributed by atoms with van der Waals surface area (Å²) >= 11 is 0. The number of fused-ring (bicyclic) bond motifs is 1. The zero-order valence-corrected chi connectivity index (χ0v) is 22.4. The number of carbonyl (C=O) groups excluding carboxylic acids is 2. The van der Waals surface area contributed by atoms with Gasteiger partial charge in [-0.1, -0.05) is 43.9 Å². The van der Waals surface area contributed by atoms with Crippen molar-refractivity contribution in [2.75, 3.05) is 31.6 Å². The number of phenols is 1. The number of nitrogens with one attached hydrogen (secondary N) is 2. The zero-order chi connectivity index (χ0) is 27.6. The van der Waals surface area contributed by atoms with Crippen molar-refractivity contribution in [1.82, 2.24) is 10.2 Å². The summed E-state index contributed by atoms with van der Waals surface area (Å²) in [5.74, 6) is -1.24. The highest BCUT2D eigenvalue weighted by Crippen LogP contribution is 2.39. The number of hydrogen-bond acceptors (Lipinski definition) is 5. The first-order chi connectivity index (χ1) is 18.9. The lowest BCUT2D eigenvalue weighted by Crippen LogP contribution is -2.43. The highest BCUT2D eigenvalue weighted by atomic mass is 19.2. The van der Waals surface area contributed by atoms with Gasteiger partial charge in [0.2, 0.25) is 5.91 Å². The number of ether oxygens (including phenoxy) is 1. The van der Waals surface area contributed by atoms with Gasteiger partial charge in [0, 0.05) is 25.6 Å². The van der Waals surface area contributed by atoms with E-state index in [0.717, 1.165) is 69.5 Å². The Morgan fingerprint density at radius 3 is 2.67 bits per heavy atom. The molecule has 2 aromatic carbocycles. The fraction of sp³-hybridized carbons (Fsp3) is 0.533. The maximum Gasteiger partial charge on any atom is 0.262 e. The summed E-state index contributed by atoms with van der Waals surface area (Å²) < 4.78 is 32.8. The Kier molecular flexibility index (Phi) is 10.5. The highest BCUT2D eigenvalue weighted by Gasteiger charge is 2.25. The number of nitrogens with zero attached hydrogens (tertiary/aromatic N) is 1. The molecule has 4 rings (SSSR count). The third-order valence-electron chi connectivity index (χ3n) is 7.63. The molecule has 3 N–H and O–H groups in total. The van der Waals surface area contributed by atoms with E-state index in [1.807, 2.05) is 6.07 Å². The first-order valence-corrected chi connectivity index (χ1v) is 14.1. The summed E-state index contributed by atoms with van der Waals surface area (Å²) in [4.78, 5) is 26.9. The van der Waals surface area contributed by atoms with Crippen LogP contribution in [0.1, 0.15) is 68.9 Å². The molecular formula is C30H39F2N3O4. The Morgan fingerprint density at radius 1 is 1.03 bits per heavy atom. The van der Waals surface area contributed by atoms with Gasteiger partial charge in [0.25, 0.3) is 5.91 Å². The predicted molar refractivity (Wildman–Crippen MR) is 146 cm³/mol. The van der Waals surface area contributed by atoms with Crippen molar-refractivity contribution in [3.63, 3.8) is 0 Å². The summed E-state index contributed by atoms with van der Waals surface area (Å²) in [6.07, 6.45) is 9.84. The normalized spacial score (nSPS) is 15.4. The smallest absolute Gasteiger partial charge is 0.262 e. The number of phenolic OH excluding ortho intramolecular Hbond substituents is 1. The van der Waals surface area contributed by atoms with E-state index in [2.05, 4.69) is 15.5 Å². The monoisotopic (exact) mass is 543 g/mol. The van der Waals surface area contributed by atoms with E-state index < -0.39 is 11.6 Å². The van der Waals surface area contributed by atoms with Gasteiger partial charge in [0.15, 0.2) is 24.0 Å². The Morgan fingerprint density at radius 2 is 1.85 bits per heavy atom. The van der Waals surface area contributed by atoms with E-state index in [-0.39, 0.29) is 30.2 Å². The Balaban J connectivity index is 1.22. The summed E-state index contributed by atoms with van der Waals surface area (Å²) in [5, 5.41) is 15.9. The molecule has 39 heavy (non-hydrogen) atoms. The van der Waals surface area contributed by atoms with Gasteiger partial charge < -0.3 is 25.4 Å². The number of unbranched alkanes of at least 4 members (excludes halogenated alkanes) is 2. The Hall–Kier alpha value is -3.20. The molecule has 7 nitrogen and oxygen atoms in total. The lowest BCUT2D eigenvalue weighted by atomic mass is 9.93. The number of aromatic hydroxyl groups is 1. The number of halogens is 2. The number of carbonyl (C=O) groups is 2. The number of hydrogen-bond donors (Lipinski definition) is 3. The van der Waals surface area contributed by atoms with Gasteiger partial charge in [-0.2, -0.15) is 0 Å². The van der Waals surface area contributed by atoms with Crippen LogP contribution < -0.4 is 15.4 Å². The fourth-order valence-corrected chi connectivity index (χ4v) is 5.52. The molecule has 0 atom stereocenters. The van der Waals surface area contributed by atoms with Crippen molar-refractivity contribution in [1.29, 1.82) is 0 Å². The third-order valence-corrected chi connectivity index (χ3v) is 7.63. The second-order valence-electron chi connectivity index (χ2n) is 10.4. The van der Waals surface area contributed by atoms with Crippen LogP contribution in [0.5, 0.6) is 11.5 Å². The number of amides is 2. The van der Waals surface area contributed by atoms with E-state index in [1.165, 1.54) is 12.5 Å². The van der Waals surface area contributed by atoms with E-state index >= 15 is 0 Å². The van der Waals surface area contributed by atoms with Gasteiger partial charge in [-0.15, -0.1) is 0 Å². The largest absolute Gasteiger partial charge is 0.506 e. The summed E-state index contributed by atoms with van der Waals surface area (Å²) in [7, 11) is 0. The van der Waals surface area contributed by atoms with Crippen LogP contribution >= 0.6 is 0 Å². The van der Waals surface area contributed by atoms with Crippen LogP contribution in [0.3, 0.4) is 0 Å². The molecule has 1 aliphatic carbocycles. The molecule has 0 radical (unpaired) electrons. The van der Waals surface area contributed by atoms with Crippen molar-refractivity contribution in [2.45, 2.75) is 76.7 Å². The van der Waals surface area contributed by atoms with Gasteiger partial charge >= 0.3 is 0 Å². The fourth-order valence-electron chi connectivity index (χ4n) is 5.52. The minimum absolute atomic E-state index is 0.000877. The van der Waals surface area contributed by atoms with Crippen molar-refractivity contribution in [2.24, 2.45) is 0 Å². The van der Waals surface area contributed by atoms with E-state index in [4.69, 9.17) is 4.74 Å². The summed E-state index contributed by atoms with van der Waals surface area (Å²) in [5.41, 5.74) is 1.63. The second kappa shape index (κ2) is 14.3. The minimum Gasteiger partial charge on any atom is -0.506 e. The molecule has 0 saturated heterocycles. The number of aryl methyl sites for hydroxylation is 1. The lowest BCUT2D eigenvalue weighted by Gasteiger charge is -2.34. The van der Waals surface area contributed by atoms with Crippen molar-refractivity contribution in [3.8, 4) is 11.5 Å². The summed E-state index contributed by atoms with van der Waals surface area (Å²) in [6.45, 7) is 1.64. The molecule has 212 valence electrons. The molecule has 0 unspecified atom stereocenters.